The van der Waals surface area contributed by atoms with Crippen LogP contribution in [0.5, 0.6) is 0 Å². The van der Waals surface area contributed by atoms with Gasteiger partial charge >= 0.3 is 0 Å². The Balaban J connectivity index is 1.69. The molecule has 0 spiro atoms. The number of benzene rings is 2. The Bertz CT molecular complexity index is 1370. The van der Waals surface area contributed by atoms with E-state index in [0.29, 0.717) is 10.5 Å². The number of nitrogens with one attached hydrogen (secondary N) is 1. The molecule has 0 unspecified atom stereocenters. The summed E-state index contributed by atoms with van der Waals surface area (Å²) in [5.74, 6) is 0.0273. The van der Waals surface area contributed by atoms with Crippen LogP contribution in [0.2, 0.25) is 0 Å². The minimum absolute atomic E-state index is 0.0837. The zero-order valence-corrected chi connectivity index (χ0v) is 20.9. The summed E-state index contributed by atoms with van der Waals surface area (Å²) in [7, 11) is 0. The first kappa shape index (κ1) is 23.3. The molecule has 7 heteroatoms. The van der Waals surface area contributed by atoms with Crippen molar-refractivity contribution in [2.45, 2.75) is 45.7 Å². The smallest absolute Gasteiger partial charge is 0.267 e. The first-order valence-electron chi connectivity index (χ1n) is 11.0. The highest BCUT2D eigenvalue weighted by atomic mass is 32.2. The van der Waals surface area contributed by atoms with Gasteiger partial charge in [-0.1, -0.05) is 61.0 Å². The third-order valence-electron chi connectivity index (χ3n) is 5.51. The Morgan fingerprint density at radius 1 is 1.12 bits per heavy atom. The predicted molar refractivity (Wildman–Crippen MR) is 139 cm³/mol. The van der Waals surface area contributed by atoms with Crippen molar-refractivity contribution in [2.75, 3.05) is 11.1 Å². The zero-order valence-electron chi connectivity index (χ0n) is 19.3. The lowest BCUT2D eigenvalue weighted by molar-refractivity contribution is -0.113. The Labute approximate surface area is 201 Å². The molecule has 0 radical (unpaired) electrons. The molecular weight excluding hydrogens is 450 g/mol. The van der Waals surface area contributed by atoms with Gasteiger partial charge in [0.05, 0.1) is 16.8 Å². The minimum atomic E-state index is -0.130. The van der Waals surface area contributed by atoms with Crippen LogP contribution in [0.4, 0.5) is 5.69 Å². The molecule has 0 bridgehead atoms. The summed E-state index contributed by atoms with van der Waals surface area (Å²) >= 11 is 2.86. The summed E-state index contributed by atoms with van der Waals surface area (Å²) in [4.78, 5) is 33.1. The number of nitrogens with zero attached hydrogens (tertiary/aromatic N) is 2. The number of hydrogen-bond acceptors (Lipinski definition) is 5. The summed E-state index contributed by atoms with van der Waals surface area (Å²) in [6, 6.07) is 15.4. The van der Waals surface area contributed by atoms with E-state index < -0.39 is 0 Å². The fourth-order valence-electron chi connectivity index (χ4n) is 3.85. The van der Waals surface area contributed by atoms with Crippen molar-refractivity contribution in [3.8, 4) is 5.69 Å². The second-order valence-electron chi connectivity index (χ2n) is 8.11. The molecule has 0 aliphatic heterocycles. The highest BCUT2D eigenvalue weighted by Crippen LogP contribution is 2.31. The zero-order chi connectivity index (χ0) is 23.5. The van der Waals surface area contributed by atoms with Crippen LogP contribution in [0.3, 0.4) is 0 Å². The summed E-state index contributed by atoms with van der Waals surface area (Å²) in [6.45, 7) is 8.14. The maximum Gasteiger partial charge on any atom is 0.267 e. The van der Waals surface area contributed by atoms with E-state index in [0.717, 1.165) is 45.7 Å². The van der Waals surface area contributed by atoms with E-state index in [1.54, 1.807) is 15.9 Å². The number of hydrogen-bond donors (Lipinski definition) is 1. The molecule has 5 nitrogen and oxygen atoms in total. The van der Waals surface area contributed by atoms with Gasteiger partial charge in [-0.05, 0) is 56.5 Å². The van der Waals surface area contributed by atoms with Crippen molar-refractivity contribution in [1.82, 2.24) is 9.55 Å². The lowest BCUT2D eigenvalue weighted by Gasteiger charge is -2.13. The number of amides is 1. The quantitative estimate of drug-likeness (QED) is 0.260. The number of thiophene rings is 1. The number of para-hydroxylation sites is 1. The summed E-state index contributed by atoms with van der Waals surface area (Å²) in [5.41, 5.74) is 4.65. The van der Waals surface area contributed by atoms with Crippen LogP contribution >= 0.6 is 23.1 Å². The van der Waals surface area contributed by atoms with Gasteiger partial charge in [0.1, 0.15) is 4.83 Å². The van der Waals surface area contributed by atoms with Crippen molar-refractivity contribution < 1.29 is 4.79 Å². The van der Waals surface area contributed by atoms with Gasteiger partial charge in [0.25, 0.3) is 5.56 Å². The van der Waals surface area contributed by atoms with Gasteiger partial charge in [-0.3, -0.25) is 14.2 Å². The molecule has 1 amide bonds. The van der Waals surface area contributed by atoms with Crippen molar-refractivity contribution in [2.24, 2.45) is 0 Å². The molecule has 2 aromatic carbocycles. The summed E-state index contributed by atoms with van der Waals surface area (Å²) in [6.07, 6.45) is 1.94. The Kier molecular flexibility index (Phi) is 7.00. The maximum atomic E-state index is 13.6. The number of carbonyl (C=O) groups is 1. The molecule has 0 atom stereocenters. The van der Waals surface area contributed by atoms with Crippen LogP contribution < -0.4 is 10.9 Å². The summed E-state index contributed by atoms with van der Waals surface area (Å²) < 4.78 is 1.63. The maximum absolute atomic E-state index is 13.6. The highest BCUT2D eigenvalue weighted by molar-refractivity contribution is 7.99. The van der Waals surface area contributed by atoms with E-state index in [4.69, 9.17) is 4.98 Å². The number of rotatable bonds is 7. The first-order chi connectivity index (χ1) is 15.9. The molecule has 4 aromatic rings. The fourth-order valence-corrected chi connectivity index (χ4v) is 5.98. The Hall–Kier alpha value is -2.90. The molecule has 2 aromatic heterocycles. The third kappa shape index (κ3) is 4.89. The Morgan fingerprint density at radius 3 is 2.58 bits per heavy atom. The average molecular weight is 478 g/mol. The number of carbonyl (C=O) groups excluding carboxylic acids is 1. The molecule has 2 heterocycles. The van der Waals surface area contributed by atoms with E-state index >= 15 is 0 Å². The lowest BCUT2D eigenvalue weighted by Crippen LogP contribution is -2.23. The van der Waals surface area contributed by atoms with Crippen LogP contribution in [-0.4, -0.2) is 21.2 Å². The lowest BCUT2D eigenvalue weighted by atomic mass is 10.1. The van der Waals surface area contributed by atoms with E-state index in [2.05, 4.69) is 12.2 Å². The largest absolute Gasteiger partial charge is 0.325 e. The van der Waals surface area contributed by atoms with Crippen LogP contribution in [0, 0.1) is 20.8 Å². The van der Waals surface area contributed by atoms with Gasteiger partial charge < -0.3 is 5.32 Å². The number of aromatic nitrogens is 2. The number of anilines is 1. The fraction of sp³-hybridized carbons (Fsp3) is 0.269. The number of thioether (sulfide) groups is 1. The van der Waals surface area contributed by atoms with Crippen molar-refractivity contribution >= 4 is 44.9 Å². The van der Waals surface area contributed by atoms with Gasteiger partial charge in [-0.2, -0.15) is 0 Å². The number of fused-ring (bicyclic) bond motifs is 1. The molecule has 170 valence electrons. The van der Waals surface area contributed by atoms with Crippen LogP contribution in [0.25, 0.3) is 15.9 Å². The van der Waals surface area contributed by atoms with E-state index in [1.165, 1.54) is 16.6 Å². The van der Waals surface area contributed by atoms with Crippen molar-refractivity contribution in [3.05, 3.63) is 80.5 Å². The molecule has 33 heavy (non-hydrogen) atoms. The number of aryl methyl sites for hydroxylation is 4. The second kappa shape index (κ2) is 9.93. The summed E-state index contributed by atoms with van der Waals surface area (Å²) in [5, 5.41) is 4.18. The predicted octanol–water partition coefficient (Wildman–Crippen LogP) is 6.06. The van der Waals surface area contributed by atoms with Crippen LogP contribution in [-0.2, 0) is 11.2 Å². The molecule has 4 rings (SSSR count). The molecule has 0 aliphatic carbocycles. The van der Waals surface area contributed by atoms with Gasteiger partial charge in [-0.15, -0.1) is 11.3 Å². The second-order valence-corrected chi connectivity index (χ2v) is 10.1. The minimum Gasteiger partial charge on any atom is -0.325 e. The topological polar surface area (TPSA) is 64.0 Å². The standard InChI is InChI=1S/C26H27N3O2S2/c1-5-9-21-18(4)23-24(33-21)28-26(29(25(23)31)19-10-7-6-8-11-19)32-15-22(30)27-20-13-12-16(2)14-17(20)3/h6-8,10-14H,5,9,15H2,1-4H3,(H,27,30). The van der Waals surface area contributed by atoms with Gasteiger partial charge in [0.2, 0.25) is 5.91 Å². The van der Waals surface area contributed by atoms with Crippen LogP contribution in [0.1, 0.15) is 34.9 Å². The normalized spacial score (nSPS) is 11.2. The first-order valence-corrected chi connectivity index (χ1v) is 12.8. The highest BCUT2D eigenvalue weighted by Gasteiger charge is 2.19. The van der Waals surface area contributed by atoms with Gasteiger partial charge in [0, 0.05) is 10.6 Å². The molecule has 0 aliphatic rings. The third-order valence-corrected chi connectivity index (χ3v) is 7.70. The molecule has 0 saturated carbocycles. The van der Waals surface area contributed by atoms with Gasteiger partial charge in [-0.25, -0.2) is 4.98 Å². The van der Waals surface area contributed by atoms with E-state index in [1.807, 2.05) is 69.3 Å². The van der Waals surface area contributed by atoms with Crippen molar-refractivity contribution in [3.63, 3.8) is 0 Å². The monoisotopic (exact) mass is 477 g/mol. The average Bonchev–Trinajstić information content (AvgIpc) is 3.10. The van der Waals surface area contributed by atoms with E-state index in [-0.39, 0.29) is 17.2 Å². The molecular formula is C26H27N3O2S2. The molecule has 1 N–H and O–H groups in total. The van der Waals surface area contributed by atoms with Crippen LogP contribution in [0.15, 0.2) is 58.5 Å². The van der Waals surface area contributed by atoms with E-state index in [9.17, 15) is 9.59 Å². The molecule has 0 saturated heterocycles. The van der Waals surface area contributed by atoms with Crippen molar-refractivity contribution in [1.29, 1.82) is 0 Å². The molecule has 0 fully saturated rings. The van der Waals surface area contributed by atoms with Gasteiger partial charge in [0.15, 0.2) is 5.16 Å². The SMILES string of the molecule is CCCc1sc2nc(SCC(=O)Nc3ccc(C)cc3C)n(-c3ccccc3)c(=O)c2c1C. The Morgan fingerprint density at radius 2 is 1.88 bits per heavy atom.